The molecule has 1 heteroatoms. The number of thiophene rings is 1. The maximum Gasteiger partial charge on any atom is 0.00772 e. The summed E-state index contributed by atoms with van der Waals surface area (Å²) in [7, 11) is 0. The molecule has 0 aliphatic heterocycles. The van der Waals surface area contributed by atoms with Crippen LogP contribution in [0.5, 0.6) is 0 Å². The summed E-state index contributed by atoms with van der Waals surface area (Å²) in [6.45, 7) is 8.21. The summed E-state index contributed by atoms with van der Waals surface area (Å²) in [5, 5.41) is 0. The smallest absolute Gasteiger partial charge is 0.00772 e. The van der Waals surface area contributed by atoms with Gasteiger partial charge in [0.1, 0.15) is 0 Å². The molecule has 0 aliphatic carbocycles. The van der Waals surface area contributed by atoms with E-state index in [9.17, 15) is 0 Å². The van der Waals surface area contributed by atoms with Crippen LogP contribution in [0.1, 0.15) is 28.2 Å². The summed E-state index contributed by atoms with van der Waals surface area (Å²) in [5.41, 5.74) is 1.46. The second kappa shape index (κ2) is 3.91. The lowest BCUT2D eigenvalue weighted by Crippen LogP contribution is -1.81. The van der Waals surface area contributed by atoms with E-state index in [1.54, 1.807) is 4.88 Å². The van der Waals surface area contributed by atoms with Crippen LogP contribution in [-0.4, -0.2) is 0 Å². The Kier molecular flexibility index (Phi) is 3.13. The van der Waals surface area contributed by atoms with Gasteiger partial charge in [-0.3, -0.25) is 0 Å². The highest BCUT2D eigenvalue weighted by molar-refractivity contribution is 7.12. The molecule has 0 amide bonds. The SMILES string of the molecule is [CH2]CCCc1sc(C)cc1C. The first-order chi connectivity index (χ1) is 5.24. The molecule has 0 N–H and O–H groups in total. The van der Waals surface area contributed by atoms with Crippen LogP contribution in [-0.2, 0) is 6.42 Å². The maximum absolute atomic E-state index is 3.84. The molecule has 1 aromatic rings. The summed E-state index contributed by atoms with van der Waals surface area (Å²) < 4.78 is 0. The summed E-state index contributed by atoms with van der Waals surface area (Å²) in [4.78, 5) is 2.98. The van der Waals surface area contributed by atoms with Crippen molar-refractivity contribution in [2.45, 2.75) is 33.1 Å². The Balaban J connectivity index is 2.62. The average Bonchev–Trinajstić information content (AvgIpc) is 2.26. The molecule has 1 aromatic heterocycles. The van der Waals surface area contributed by atoms with Crippen molar-refractivity contribution in [3.8, 4) is 0 Å². The van der Waals surface area contributed by atoms with Crippen LogP contribution >= 0.6 is 11.3 Å². The number of rotatable bonds is 3. The van der Waals surface area contributed by atoms with E-state index in [4.69, 9.17) is 0 Å². The molecule has 11 heavy (non-hydrogen) atoms. The lowest BCUT2D eigenvalue weighted by Gasteiger charge is -1.95. The second-order valence-corrected chi connectivity index (χ2v) is 4.26. The zero-order valence-corrected chi connectivity index (χ0v) is 8.13. The van der Waals surface area contributed by atoms with E-state index in [1.807, 2.05) is 11.3 Å². The van der Waals surface area contributed by atoms with E-state index in [0.717, 1.165) is 6.42 Å². The van der Waals surface area contributed by atoms with Gasteiger partial charge in [0.15, 0.2) is 0 Å². The number of hydrogen-bond donors (Lipinski definition) is 0. The quantitative estimate of drug-likeness (QED) is 0.646. The number of hydrogen-bond acceptors (Lipinski definition) is 1. The Morgan fingerprint density at radius 2 is 2.18 bits per heavy atom. The Hall–Kier alpha value is -0.300. The van der Waals surface area contributed by atoms with Gasteiger partial charge in [-0.25, -0.2) is 0 Å². The Morgan fingerprint density at radius 3 is 2.64 bits per heavy atom. The van der Waals surface area contributed by atoms with Crippen LogP contribution in [0.2, 0.25) is 0 Å². The molecular weight excluding hydrogens is 152 g/mol. The average molecular weight is 167 g/mol. The van der Waals surface area contributed by atoms with Gasteiger partial charge in [0, 0.05) is 9.75 Å². The van der Waals surface area contributed by atoms with Crippen molar-refractivity contribution >= 4 is 11.3 Å². The van der Waals surface area contributed by atoms with E-state index < -0.39 is 0 Å². The van der Waals surface area contributed by atoms with Crippen molar-refractivity contribution in [1.82, 2.24) is 0 Å². The summed E-state index contributed by atoms with van der Waals surface area (Å²) in [5.74, 6) is 0. The molecule has 0 atom stereocenters. The third-order valence-corrected chi connectivity index (χ3v) is 3.01. The Morgan fingerprint density at radius 1 is 1.45 bits per heavy atom. The van der Waals surface area contributed by atoms with Gasteiger partial charge >= 0.3 is 0 Å². The monoisotopic (exact) mass is 167 g/mol. The molecule has 0 fully saturated rings. The van der Waals surface area contributed by atoms with Crippen LogP contribution in [0.15, 0.2) is 6.07 Å². The third-order valence-electron chi connectivity index (χ3n) is 1.80. The van der Waals surface area contributed by atoms with Crippen LogP contribution in [0.4, 0.5) is 0 Å². The lowest BCUT2D eigenvalue weighted by molar-refractivity contribution is 0.848. The first-order valence-corrected chi connectivity index (χ1v) is 4.91. The van der Waals surface area contributed by atoms with Crippen molar-refractivity contribution < 1.29 is 0 Å². The molecule has 61 valence electrons. The summed E-state index contributed by atoms with van der Waals surface area (Å²) in [6.07, 6.45) is 3.49. The van der Waals surface area contributed by atoms with E-state index in [2.05, 4.69) is 26.8 Å². The minimum Gasteiger partial charge on any atom is -0.145 e. The van der Waals surface area contributed by atoms with Crippen molar-refractivity contribution in [2.24, 2.45) is 0 Å². The van der Waals surface area contributed by atoms with Crippen LogP contribution in [0.3, 0.4) is 0 Å². The van der Waals surface area contributed by atoms with Gasteiger partial charge < -0.3 is 0 Å². The van der Waals surface area contributed by atoms with E-state index in [1.165, 1.54) is 23.3 Å². The zero-order valence-electron chi connectivity index (χ0n) is 7.31. The highest BCUT2D eigenvalue weighted by Gasteiger charge is 2.00. The van der Waals surface area contributed by atoms with Gasteiger partial charge in [-0.05, 0) is 38.3 Å². The molecule has 0 saturated carbocycles. The van der Waals surface area contributed by atoms with E-state index in [-0.39, 0.29) is 0 Å². The zero-order chi connectivity index (χ0) is 8.27. The molecular formula is C10H15S. The van der Waals surface area contributed by atoms with E-state index in [0.29, 0.717) is 0 Å². The number of aryl methyl sites for hydroxylation is 3. The fourth-order valence-electron chi connectivity index (χ4n) is 1.22. The highest BCUT2D eigenvalue weighted by atomic mass is 32.1. The van der Waals surface area contributed by atoms with Crippen molar-refractivity contribution in [3.05, 3.63) is 28.3 Å². The highest BCUT2D eigenvalue weighted by Crippen LogP contribution is 2.22. The Labute approximate surface area is 73.3 Å². The Bertz CT molecular complexity index is 223. The standard InChI is InChI=1S/C10H15S/c1-4-5-6-10-8(2)7-9(3)11-10/h7H,1,4-6H2,2-3H3. The predicted molar refractivity (Wildman–Crippen MR) is 52.1 cm³/mol. The molecule has 1 radical (unpaired) electrons. The topological polar surface area (TPSA) is 0 Å². The molecule has 0 aromatic carbocycles. The van der Waals surface area contributed by atoms with Crippen LogP contribution in [0.25, 0.3) is 0 Å². The molecule has 1 heterocycles. The molecule has 0 saturated heterocycles. The summed E-state index contributed by atoms with van der Waals surface area (Å²) >= 11 is 1.93. The minimum atomic E-state index is 1.05. The largest absolute Gasteiger partial charge is 0.145 e. The van der Waals surface area contributed by atoms with Crippen LogP contribution < -0.4 is 0 Å². The van der Waals surface area contributed by atoms with Crippen molar-refractivity contribution in [2.75, 3.05) is 0 Å². The molecule has 0 spiro atoms. The van der Waals surface area contributed by atoms with Gasteiger partial charge in [-0.1, -0.05) is 13.3 Å². The first-order valence-electron chi connectivity index (χ1n) is 4.09. The first kappa shape index (κ1) is 8.79. The normalized spacial score (nSPS) is 10.5. The van der Waals surface area contributed by atoms with Gasteiger partial charge in [0.2, 0.25) is 0 Å². The van der Waals surface area contributed by atoms with Gasteiger partial charge in [-0.2, -0.15) is 0 Å². The molecule has 0 nitrogen and oxygen atoms in total. The fraction of sp³-hybridized carbons (Fsp3) is 0.500. The maximum atomic E-state index is 3.84. The van der Waals surface area contributed by atoms with Crippen molar-refractivity contribution in [3.63, 3.8) is 0 Å². The van der Waals surface area contributed by atoms with E-state index >= 15 is 0 Å². The van der Waals surface area contributed by atoms with Crippen molar-refractivity contribution in [1.29, 1.82) is 0 Å². The summed E-state index contributed by atoms with van der Waals surface area (Å²) in [6, 6.07) is 2.27. The lowest BCUT2D eigenvalue weighted by atomic mass is 10.2. The predicted octanol–water partition coefficient (Wildman–Crippen LogP) is 3.52. The fourth-order valence-corrected chi connectivity index (χ4v) is 2.31. The molecule has 1 rings (SSSR count). The molecule has 0 bridgehead atoms. The van der Waals surface area contributed by atoms with Crippen LogP contribution in [0, 0.1) is 20.8 Å². The second-order valence-electron chi connectivity index (χ2n) is 2.92. The van der Waals surface area contributed by atoms with Gasteiger partial charge in [-0.15, -0.1) is 11.3 Å². The number of unbranched alkanes of at least 4 members (excludes halogenated alkanes) is 1. The molecule has 0 unspecified atom stereocenters. The molecule has 0 aliphatic rings. The minimum absolute atomic E-state index is 1.05. The third kappa shape index (κ3) is 2.33. The van der Waals surface area contributed by atoms with Gasteiger partial charge in [0.25, 0.3) is 0 Å². The van der Waals surface area contributed by atoms with Gasteiger partial charge in [0.05, 0.1) is 0 Å².